The third kappa shape index (κ3) is 3.53. The van der Waals surface area contributed by atoms with Crippen molar-refractivity contribution in [3.63, 3.8) is 0 Å². The Morgan fingerprint density at radius 1 is 1.48 bits per heavy atom. The van der Waals surface area contributed by atoms with Crippen molar-refractivity contribution in [1.29, 1.82) is 0 Å². The van der Waals surface area contributed by atoms with E-state index in [9.17, 15) is 19.3 Å². The highest BCUT2D eigenvalue weighted by molar-refractivity contribution is 5.70. The molecule has 0 N–H and O–H groups in total. The molecule has 21 heavy (non-hydrogen) atoms. The van der Waals surface area contributed by atoms with Crippen molar-refractivity contribution in [3.8, 4) is 0 Å². The van der Waals surface area contributed by atoms with Crippen molar-refractivity contribution < 1.29 is 28.3 Å². The lowest BCUT2D eigenvalue weighted by Gasteiger charge is -2.26. The van der Waals surface area contributed by atoms with Crippen LogP contribution < -0.4 is 0 Å². The number of carbonyl (C=O) groups is 1. The molecule has 1 heterocycles. The zero-order valence-electron chi connectivity index (χ0n) is 11.3. The monoisotopic (exact) mass is 299 g/mol. The van der Waals surface area contributed by atoms with Crippen molar-refractivity contribution in [2.24, 2.45) is 0 Å². The van der Waals surface area contributed by atoms with Crippen LogP contribution in [0.2, 0.25) is 0 Å². The van der Waals surface area contributed by atoms with Gasteiger partial charge in [-0.1, -0.05) is 0 Å². The van der Waals surface area contributed by atoms with Gasteiger partial charge in [-0.05, 0) is 12.1 Å². The summed E-state index contributed by atoms with van der Waals surface area (Å²) in [6.07, 6.45) is -0.340. The fourth-order valence-electron chi connectivity index (χ4n) is 2.22. The van der Waals surface area contributed by atoms with Gasteiger partial charge in [-0.25, -0.2) is 4.39 Å². The Bertz CT molecular complexity index is 556. The molecule has 0 unspecified atom stereocenters. The first-order chi connectivity index (χ1) is 9.96. The highest BCUT2D eigenvalue weighted by atomic mass is 19.1. The second-order valence-electron chi connectivity index (χ2n) is 4.57. The molecule has 8 heteroatoms. The SMILES string of the molecule is COC(=O)CC1(Cc2cc(F)ccc2[N+](=O)[O-])OCCO1. The van der Waals surface area contributed by atoms with Crippen LogP contribution in [-0.2, 0) is 25.4 Å². The van der Waals surface area contributed by atoms with Crippen molar-refractivity contribution in [2.45, 2.75) is 18.6 Å². The first-order valence-corrected chi connectivity index (χ1v) is 6.23. The quantitative estimate of drug-likeness (QED) is 0.466. The fourth-order valence-corrected chi connectivity index (χ4v) is 2.22. The third-order valence-corrected chi connectivity index (χ3v) is 3.15. The van der Waals surface area contributed by atoms with Crippen LogP contribution in [0.15, 0.2) is 18.2 Å². The Morgan fingerprint density at radius 2 is 2.14 bits per heavy atom. The summed E-state index contributed by atoms with van der Waals surface area (Å²) in [6.45, 7) is 0.500. The second-order valence-corrected chi connectivity index (χ2v) is 4.57. The summed E-state index contributed by atoms with van der Waals surface area (Å²) in [6, 6.07) is 3.12. The smallest absolute Gasteiger partial charge is 0.311 e. The van der Waals surface area contributed by atoms with E-state index >= 15 is 0 Å². The minimum atomic E-state index is -1.36. The number of rotatable bonds is 5. The first-order valence-electron chi connectivity index (χ1n) is 6.23. The van der Waals surface area contributed by atoms with Crippen LogP contribution in [0, 0.1) is 15.9 Å². The number of methoxy groups -OCH3 is 1. The Kier molecular flexibility index (Phi) is 4.49. The van der Waals surface area contributed by atoms with Gasteiger partial charge in [0.25, 0.3) is 5.69 Å². The predicted octanol–water partition coefficient (Wildman–Crippen LogP) is 1.58. The molecular formula is C13H14FNO6. The van der Waals surface area contributed by atoms with Crippen LogP contribution in [0.25, 0.3) is 0 Å². The van der Waals surface area contributed by atoms with Gasteiger partial charge in [-0.3, -0.25) is 14.9 Å². The number of hydrogen-bond acceptors (Lipinski definition) is 6. The van der Waals surface area contributed by atoms with E-state index in [0.29, 0.717) is 0 Å². The van der Waals surface area contributed by atoms with E-state index in [4.69, 9.17) is 9.47 Å². The Labute approximate surface area is 119 Å². The van der Waals surface area contributed by atoms with Crippen LogP contribution in [0.5, 0.6) is 0 Å². The van der Waals surface area contributed by atoms with Gasteiger partial charge >= 0.3 is 5.97 Å². The molecule has 1 aromatic rings. The van der Waals surface area contributed by atoms with E-state index < -0.39 is 22.5 Å². The molecule has 0 spiro atoms. The highest BCUT2D eigenvalue weighted by Crippen LogP contribution is 2.32. The van der Waals surface area contributed by atoms with E-state index in [1.165, 1.54) is 7.11 Å². The molecule has 114 valence electrons. The van der Waals surface area contributed by atoms with Gasteiger partial charge in [0.15, 0.2) is 5.79 Å². The Morgan fingerprint density at radius 3 is 2.71 bits per heavy atom. The summed E-state index contributed by atoms with van der Waals surface area (Å²) in [4.78, 5) is 21.8. The van der Waals surface area contributed by atoms with E-state index in [1.54, 1.807) is 0 Å². The molecule has 1 aliphatic heterocycles. The molecule has 2 rings (SSSR count). The zero-order valence-corrected chi connectivity index (χ0v) is 11.3. The van der Waals surface area contributed by atoms with Crippen molar-refractivity contribution in [3.05, 3.63) is 39.7 Å². The summed E-state index contributed by atoms with van der Waals surface area (Å²) < 4.78 is 28.8. The largest absolute Gasteiger partial charge is 0.469 e. The number of carbonyl (C=O) groups excluding carboxylic acids is 1. The van der Waals surface area contributed by atoms with Crippen LogP contribution in [0.3, 0.4) is 0 Å². The van der Waals surface area contributed by atoms with Crippen LogP contribution in [0.1, 0.15) is 12.0 Å². The molecule has 0 bridgehead atoms. The maximum Gasteiger partial charge on any atom is 0.311 e. The fraction of sp³-hybridized carbons (Fsp3) is 0.462. The molecular weight excluding hydrogens is 285 g/mol. The molecule has 0 saturated carbocycles. The minimum Gasteiger partial charge on any atom is -0.469 e. The molecule has 1 aliphatic rings. The first kappa shape index (κ1) is 15.3. The molecule has 0 amide bonds. The lowest BCUT2D eigenvalue weighted by Crippen LogP contribution is -2.36. The van der Waals surface area contributed by atoms with Crippen LogP contribution >= 0.6 is 0 Å². The lowest BCUT2D eigenvalue weighted by molar-refractivity contribution is -0.386. The molecule has 1 fully saturated rings. The summed E-state index contributed by atoms with van der Waals surface area (Å²) in [5, 5.41) is 11.0. The number of ether oxygens (including phenoxy) is 3. The van der Waals surface area contributed by atoms with Gasteiger partial charge in [0, 0.05) is 18.1 Å². The van der Waals surface area contributed by atoms with Gasteiger partial charge in [-0.2, -0.15) is 0 Å². The normalized spacial score (nSPS) is 16.7. The lowest BCUT2D eigenvalue weighted by atomic mass is 10.0. The molecule has 0 atom stereocenters. The molecule has 1 aromatic carbocycles. The molecule has 0 aromatic heterocycles. The van der Waals surface area contributed by atoms with E-state index in [1.807, 2.05) is 0 Å². The molecule has 0 aliphatic carbocycles. The summed E-state index contributed by atoms with van der Waals surface area (Å²) >= 11 is 0. The van der Waals surface area contributed by atoms with Gasteiger partial charge in [0.1, 0.15) is 5.82 Å². The minimum absolute atomic E-state index is 0.103. The summed E-state index contributed by atoms with van der Waals surface area (Å²) in [7, 11) is 1.22. The van der Waals surface area contributed by atoms with E-state index in [0.717, 1.165) is 18.2 Å². The maximum atomic E-state index is 13.3. The van der Waals surface area contributed by atoms with Gasteiger partial charge in [0.05, 0.1) is 31.7 Å². The number of halogens is 1. The number of nitrogens with zero attached hydrogens (tertiary/aromatic N) is 1. The highest BCUT2D eigenvalue weighted by Gasteiger charge is 2.41. The predicted molar refractivity (Wildman–Crippen MR) is 68.0 cm³/mol. The Hall–Kier alpha value is -2.06. The van der Waals surface area contributed by atoms with E-state index in [-0.39, 0.29) is 37.3 Å². The average Bonchev–Trinajstić information content (AvgIpc) is 2.86. The van der Waals surface area contributed by atoms with E-state index in [2.05, 4.69) is 4.74 Å². The van der Waals surface area contributed by atoms with Crippen molar-refractivity contribution in [2.75, 3.05) is 20.3 Å². The number of nitro groups is 1. The summed E-state index contributed by atoms with van der Waals surface area (Å²) in [5.41, 5.74) is -0.148. The van der Waals surface area contributed by atoms with Crippen molar-refractivity contribution in [1.82, 2.24) is 0 Å². The maximum absolute atomic E-state index is 13.3. The van der Waals surface area contributed by atoms with Gasteiger partial charge in [0.2, 0.25) is 0 Å². The van der Waals surface area contributed by atoms with Gasteiger partial charge in [-0.15, -0.1) is 0 Å². The standard InChI is InChI=1S/C13H14FNO6/c1-19-12(16)8-13(20-4-5-21-13)7-9-6-10(14)2-3-11(9)15(17)18/h2-3,6H,4-5,7-8H2,1H3. The number of nitro benzene ring substituents is 1. The third-order valence-electron chi connectivity index (χ3n) is 3.15. The number of benzene rings is 1. The average molecular weight is 299 g/mol. The topological polar surface area (TPSA) is 87.9 Å². The molecule has 0 radical (unpaired) electrons. The molecule has 7 nitrogen and oxygen atoms in total. The summed E-state index contributed by atoms with van der Waals surface area (Å²) in [5.74, 6) is -2.54. The zero-order chi connectivity index (χ0) is 15.5. The van der Waals surface area contributed by atoms with Crippen LogP contribution in [0.4, 0.5) is 10.1 Å². The molecule has 1 saturated heterocycles. The number of esters is 1. The Balaban J connectivity index is 2.31. The van der Waals surface area contributed by atoms with Crippen molar-refractivity contribution >= 4 is 11.7 Å². The second kappa shape index (κ2) is 6.15. The van der Waals surface area contributed by atoms with Crippen LogP contribution in [-0.4, -0.2) is 37.0 Å². The number of hydrogen-bond donors (Lipinski definition) is 0. The van der Waals surface area contributed by atoms with Gasteiger partial charge < -0.3 is 14.2 Å².